The normalized spacial score (nSPS) is 14.0. The summed E-state index contributed by atoms with van der Waals surface area (Å²) in [6, 6.07) is 14.8. The molecule has 3 aromatic rings. The fourth-order valence-electron chi connectivity index (χ4n) is 3.28. The van der Waals surface area contributed by atoms with E-state index in [2.05, 4.69) is 15.5 Å². The lowest BCUT2D eigenvalue weighted by Crippen LogP contribution is -2.23. The van der Waals surface area contributed by atoms with Crippen molar-refractivity contribution in [2.45, 2.75) is 35.7 Å². The zero-order valence-corrected chi connectivity index (χ0v) is 19.8. The molecule has 10 heteroatoms. The summed E-state index contributed by atoms with van der Waals surface area (Å²) in [4.78, 5) is 12.8. The lowest BCUT2D eigenvalue weighted by atomic mass is 10.2. The maximum Gasteiger partial charge on any atom is 0.242 e. The average molecular weight is 472 g/mol. The Hall–Kier alpha value is -2.69. The molecule has 0 saturated heterocycles. The average Bonchev–Trinajstić information content (AvgIpc) is 3.53. The smallest absolute Gasteiger partial charge is 0.242 e. The van der Waals surface area contributed by atoms with Crippen molar-refractivity contribution in [2.75, 3.05) is 25.2 Å². The molecule has 1 aliphatic carbocycles. The van der Waals surface area contributed by atoms with Gasteiger partial charge in [-0.25, -0.2) is 12.7 Å². The Balaban J connectivity index is 1.49. The Morgan fingerprint density at radius 3 is 2.53 bits per heavy atom. The summed E-state index contributed by atoms with van der Waals surface area (Å²) in [6.45, 7) is 1.73. The van der Waals surface area contributed by atoms with Crippen molar-refractivity contribution >= 4 is 33.4 Å². The number of nitrogens with zero attached hydrogens (tertiary/aromatic N) is 4. The number of rotatable bonds is 8. The monoisotopic (exact) mass is 471 g/mol. The minimum atomic E-state index is -3.60. The van der Waals surface area contributed by atoms with Crippen LogP contribution in [0.1, 0.15) is 30.1 Å². The summed E-state index contributed by atoms with van der Waals surface area (Å²) >= 11 is 1.30. The Kier molecular flexibility index (Phi) is 6.36. The number of hydrogen-bond acceptors (Lipinski definition) is 6. The quantitative estimate of drug-likeness (QED) is 0.506. The maximum absolute atomic E-state index is 12.6. The molecule has 4 rings (SSSR count). The number of para-hydroxylation sites is 1. The van der Waals surface area contributed by atoms with E-state index >= 15 is 0 Å². The molecule has 0 atom stereocenters. The van der Waals surface area contributed by atoms with Crippen LogP contribution in [0, 0.1) is 6.92 Å². The van der Waals surface area contributed by atoms with Gasteiger partial charge in [0, 0.05) is 31.4 Å². The molecular weight excluding hydrogens is 446 g/mol. The summed E-state index contributed by atoms with van der Waals surface area (Å²) in [7, 11) is -0.638. The van der Waals surface area contributed by atoms with Crippen LogP contribution in [0.3, 0.4) is 0 Å². The fourth-order valence-corrected chi connectivity index (χ4v) is 5.18. The molecule has 1 saturated carbocycles. The van der Waals surface area contributed by atoms with Crippen LogP contribution >= 0.6 is 11.8 Å². The molecule has 32 heavy (non-hydrogen) atoms. The zero-order chi connectivity index (χ0) is 22.9. The Labute approximate surface area is 192 Å². The third kappa shape index (κ3) is 4.72. The van der Waals surface area contributed by atoms with Crippen LogP contribution in [0.15, 0.2) is 58.6 Å². The highest BCUT2D eigenvalue weighted by molar-refractivity contribution is 7.99. The second kappa shape index (κ2) is 9.05. The van der Waals surface area contributed by atoms with Crippen molar-refractivity contribution < 1.29 is 13.2 Å². The molecule has 2 aromatic carbocycles. The number of aromatic nitrogens is 3. The molecule has 168 valence electrons. The van der Waals surface area contributed by atoms with E-state index in [0.717, 1.165) is 28.7 Å². The van der Waals surface area contributed by atoms with Crippen molar-refractivity contribution in [3.8, 4) is 5.69 Å². The highest BCUT2D eigenvalue weighted by Gasteiger charge is 2.31. The standard InChI is InChI=1S/C22H25N5O3S2/c1-15-9-12-17(13-19(15)32(29,30)26(2)3)23-20(28)14-31-22-25-24-21(16-10-11-16)27(22)18-7-5-4-6-8-18/h4-9,12-13,16H,10-11,14H2,1-3H3,(H,23,28). The van der Waals surface area contributed by atoms with Gasteiger partial charge in [-0.2, -0.15) is 0 Å². The minimum absolute atomic E-state index is 0.124. The van der Waals surface area contributed by atoms with Gasteiger partial charge in [0.15, 0.2) is 5.16 Å². The second-order valence-electron chi connectivity index (χ2n) is 7.89. The van der Waals surface area contributed by atoms with E-state index in [1.54, 1.807) is 19.1 Å². The van der Waals surface area contributed by atoms with E-state index < -0.39 is 10.0 Å². The van der Waals surface area contributed by atoms with E-state index in [-0.39, 0.29) is 16.6 Å². The van der Waals surface area contributed by atoms with Crippen LogP contribution in [0.2, 0.25) is 0 Å². The summed E-state index contributed by atoms with van der Waals surface area (Å²) in [5, 5.41) is 12.1. The number of sulfonamides is 1. The largest absolute Gasteiger partial charge is 0.325 e. The van der Waals surface area contributed by atoms with Gasteiger partial charge in [0.2, 0.25) is 15.9 Å². The number of carbonyl (C=O) groups excluding carboxylic acids is 1. The van der Waals surface area contributed by atoms with Crippen molar-refractivity contribution in [1.82, 2.24) is 19.1 Å². The third-order valence-corrected chi connectivity index (χ3v) is 8.06. The van der Waals surface area contributed by atoms with Crippen molar-refractivity contribution in [3.63, 3.8) is 0 Å². The number of carbonyl (C=O) groups is 1. The number of benzene rings is 2. The first-order valence-corrected chi connectivity index (χ1v) is 12.7. The van der Waals surface area contributed by atoms with Gasteiger partial charge in [0.05, 0.1) is 10.6 Å². The molecule has 1 aliphatic rings. The first kappa shape index (κ1) is 22.5. The predicted octanol–water partition coefficient (Wildman–Crippen LogP) is 3.43. The molecule has 1 heterocycles. The molecule has 0 spiro atoms. The van der Waals surface area contributed by atoms with Crippen molar-refractivity contribution in [1.29, 1.82) is 0 Å². The maximum atomic E-state index is 12.6. The van der Waals surface area contributed by atoms with E-state index in [1.807, 2.05) is 34.9 Å². The summed E-state index contributed by atoms with van der Waals surface area (Å²) in [5.74, 6) is 1.22. The zero-order valence-electron chi connectivity index (χ0n) is 18.1. The van der Waals surface area contributed by atoms with E-state index in [4.69, 9.17) is 0 Å². The van der Waals surface area contributed by atoms with Gasteiger partial charge in [0.25, 0.3) is 0 Å². The first-order valence-electron chi connectivity index (χ1n) is 10.2. The summed E-state index contributed by atoms with van der Waals surface area (Å²) in [5.41, 5.74) is 2.03. The number of anilines is 1. The Morgan fingerprint density at radius 1 is 1.16 bits per heavy atom. The molecule has 0 radical (unpaired) electrons. The first-order chi connectivity index (χ1) is 15.3. The van der Waals surface area contributed by atoms with Crippen LogP contribution in [0.5, 0.6) is 0 Å². The fraction of sp³-hybridized carbons (Fsp3) is 0.318. The molecule has 1 N–H and O–H groups in total. The lowest BCUT2D eigenvalue weighted by molar-refractivity contribution is -0.113. The molecule has 0 aliphatic heterocycles. The van der Waals surface area contributed by atoms with Crippen molar-refractivity contribution in [2.24, 2.45) is 0 Å². The molecular formula is C22H25N5O3S2. The highest BCUT2D eigenvalue weighted by Crippen LogP contribution is 2.41. The highest BCUT2D eigenvalue weighted by atomic mass is 32.2. The number of nitrogens with one attached hydrogen (secondary N) is 1. The SMILES string of the molecule is Cc1ccc(NC(=O)CSc2nnc(C3CC3)n2-c2ccccc2)cc1S(=O)(=O)N(C)C. The minimum Gasteiger partial charge on any atom is -0.325 e. The van der Waals surface area contributed by atoms with Crippen molar-refractivity contribution in [3.05, 3.63) is 59.9 Å². The van der Waals surface area contributed by atoms with Crippen LogP contribution in [0.4, 0.5) is 5.69 Å². The van der Waals surface area contributed by atoms with Crippen LogP contribution in [0.25, 0.3) is 5.69 Å². The summed E-state index contributed by atoms with van der Waals surface area (Å²) < 4.78 is 28.2. The Morgan fingerprint density at radius 2 is 1.88 bits per heavy atom. The van der Waals surface area contributed by atoms with Gasteiger partial charge in [-0.1, -0.05) is 36.0 Å². The lowest BCUT2D eigenvalue weighted by Gasteiger charge is -2.15. The van der Waals surface area contributed by atoms with E-state index in [9.17, 15) is 13.2 Å². The molecule has 0 bridgehead atoms. The Bertz CT molecular complexity index is 1240. The molecule has 8 nitrogen and oxygen atoms in total. The molecule has 1 aromatic heterocycles. The molecule has 1 amide bonds. The van der Waals surface area contributed by atoms with Gasteiger partial charge in [-0.05, 0) is 49.6 Å². The van der Waals surface area contributed by atoms with Crippen LogP contribution in [-0.2, 0) is 14.8 Å². The van der Waals surface area contributed by atoms with E-state index in [1.165, 1.54) is 31.9 Å². The molecule has 0 unspecified atom stereocenters. The third-order valence-electron chi connectivity index (χ3n) is 5.18. The number of amides is 1. The van der Waals surface area contributed by atoms with Gasteiger partial charge in [0.1, 0.15) is 5.82 Å². The molecule has 1 fully saturated rings. The topological polar surface area (TPSA) is 97.2 Å². The van der Waals surface area contributed by atoms with Crippen LogP contribution < -0.4 is 5.32 Å². The number of thioether (sulfide) groups is 1. The van der Waals surface area contributed by atoms with Gasteiger partial charge in [-0.15, -0.1) is 10.2 Å². The van der Waals surface area contributed by atoms with Crippen LogP contribution in [-0.4, -0.2) is 53.2 Å². The second-order valence-corrected chi connectivity index (χ2v) is 11.0. The number of hydrogen-bond donors (Lipinski definition) is 1. The van der Waals surface area contributed by atoms with Gasteiger partial charge >= 0.3 is 0 Å². The van der Waals surface area contributed by atoms with E-state index in [0.29, 0.717) is 22.3 Å². The van der Waals surface area contributed by atoms with Gasteiger partial charge in [-0.3, -0.25) is 9.36 Å². The number of aryl methyl sites for hydroxylation is 1. The summed E-state index contributed by atoms with van der Waals surface area (Å²) in [6.07, 6.45) is 2.20. The van der Waals surface area contributed by atoms with Gasteiger partial charge < -0.3 is 5.32 Å². The predicted molar refractivity (Wildman–Crippen MR) is 125 cm³/mol.